The Hall–Kier alpha value is -2.25. The molecule has 160 valence electrons. The molecule has 6 nitrogen and oxygen atoms in total. The van der Waals surface area contributed by atoms with Gasteiger partial charge in [0.25, 0.3) is 5.91 Å². The number of ether oxygens (including phenoxy) is 1. The number of nitrogens with zero attached hydrogens (tertiary/aromatic N) is 4. The quantitative estimate of drug-likeness (QED) is 0.532. The van der Waals surface area contributed by atoms with E-state index in [-0.39, 0.29) is 24.0 Å². The lowest BCUT2D eigenvalue weighted by Crippen LogP contribution is -2.37. The molecule has 3 aromatic heterocycles. The molecule has 1 atom stereocenters. The molecule has 30 heavy (non-hydrogen) atoms. The molecule has 3 aromatic rings. The highest BCUT2D eigenvalue weighted by atomic mass is 32.1. The predicted octanol–water partition coefficient (Wildman–Crippen LogP) is 5.02. The molecule has 0 bridgehead atoms. The molecule has 1 fully saturated rings. The van der Waals surface area contributed by atoms with Crippen LogP contribution in [0.1, 0.15) is 73.4 Å². The molecule has 0 spiro atoms. The van der Waals surface area contributed by atoms with Gasteiger partial charge in [0.2, 0.25) is 0 Å². The minimum Gasteiger partial charge on any atom is -0.376 e. The maximum absolute atomic E-state index is 13.8. The van der Waals surface area contributed by atoms with Gasteiger partial charge in [-0.05, 0) is 50.1 Å². The van der Waals surface area contributed by atoms with Crippen LogP contribution in [0.5, 0.6) is 0 Å². The molecular formula is C23H30N4O2S. The van der Waals surface area contributed by atoms with E-state index in [0.717, 1.165) is 36.2 Å². The van der Waals surface area contributed by atoms with E-state index in [1.807, 2.05) is 21.7 Å². The number of carbonyl (C=O) groups is 1. The monoisotopic (exact) mass is 426 g/mol. The van der Waals surface area contributed by atoms with Crippen molar-refractivity contribution in [1.82, 2.24) is 19.7 Å². The maximum Gasteiger partial charge on any atom is 0.255 e. The average molecular weight is 427 g/mol. The number of aromatic nitrogens is 3. The van der Waals surface area contributed by atoms with Crippen LogP contribution in [-0.2, 0) is 11.3 Å². The van der Waals surface area contributed by atoms with E-state index < -0.39 is 0 Å². The molecule has 0 N–H and O–H groups in total. The fraction of sp³-hybridized carbons (Fsp3) is 0.522. The first kappa shape index (κ1) is 21.0. The second-order valence-corrected chi connectivity index (χ2v) is 9.60. The summed E-state index contributed by atoms with van der Waals surface area (Å²) < 4.78 is 7.76. The molecule has 4 heterocycles. The van der Waals surface area contributed by atoms with Crippen molar-refractivity contribution in [3.8, 4) is 0 Å². The number of hydrogen-bond acceptors (Lipinski definition) is 5. The smallest absolute Gasteiger partial charge is 0.255 e. The van der Waals surface area contributed by atoms with Gasteiger partial charge in [-0.2, -0.15) is 5.10 Å². The zero-order chi connectivity index (χ0) is 21.3. The largest absolute Gasteiger partial charge is 0.376 e. The molecule has 0 aromatic carbocycles. The van der Waals surface area contributed by atoms with Gasteiger partial charge in [-0.25, -0.2) is 9.67 Å². The zero-order valence-corrected chi connectivity index (χ0v) is 19.0. The van der Waals surface area contributed by atoms with E-state index in [9.17, 15) is 4.79 Å². The minimum absolute atomic E-state index is 0.0245. The topological polar surface area (TPSA) is 60.3 Å². The van der Waals surface area contributed by atoms with E-state index >= 15 is 0 Å². The fourth-order valence-electron chi connectivity index (χ4n) is 3.90. The van der Waals surface area contributed by atoms with Crippen molar-refractivity contribution >= 4 is 28.3 Å². The Kier molecular flexibility index (Phi) is 6.20. The normalized spacial score (nSPS) is 16.8. The molecule has 1 amide bonds. The van der Waals surface area contributed by atoms with Gasteiger partial charge < -0.3 is 9.64 Å². The third kappa shape index (κ3) is 4.27. The number of rotatable bonds is 7. The second-order valence-electron chi connectivity index (χ2n) is 8.57. The van der Waals surface area contributed by atoms with Gasteiger partial charge in [-0.1, -0.05) is 19.9 Å². The van der Waals surface area contributed by atoms with Gasteiger partial charge in [0, 0.05) is 29.8 Å². The number of pyridine rings is 1. The minimum atomic E-state index is 0.0245. The van der Waals surface area contributed by atoms with Crippen molar-refractivity contribution in [1.29, 1.82) is 0 Å². The maximum atomic E-state index is 13.8. The standard InChI is InChI=1S/C23H30N4O2S/c1-15(2)21-11-19(20-12-24-27(16(3)4)22(20)25-21)23(28)26(13-17-7-5-9-29-17)14-18-8-6-10-30-18/h6,8,10-12,15-17H,5,7,9,13-14H2,1-4H3. The first-order valence-corrected chi connectivity index (χ1v) is 11.6. The molecule has 4 rings (SSSR count). The third-order valence-electron chi connectivity index (χ3n) is 5.56. The predicted molar refractivity (Wildman–Crippen MR) is 120 cm³/mol. The summed E-state index contributed by atoms with van der Waals surface area (Å²) in [4.78, 5) is 21.8. The van der Waals surface area contributed by atoms with Gasteiger partial charge in [0.15, 0.2) is 5.65 Å². The molecular weight excluding hydrogens is 396 g/mol. The SMILES string of the molecule is CC(C)c1cc(C(=O)N(Cc2cccs2)CC2CCCO2)c2cnn(C(C)C)c2n1. The van der Waals surface area contributed by atoms with Crippen molar-refractivity contribution in [2.75, 3.05) is 13.2 Å². The summed E-state index contributed by atoms with van der Waals surface area (Å²) in [6.45, 7) is 10.4. The molecule has 1 unspecified atom stereocenters. The van der Waals surface area contributed by atoms with Crippen molar-refractivity contribution in [2.45, 2.75) is 65.1 Å². The van der Waals surface area contributed by atoms with E-state index in [2.05, 4.69) is 44.2 Å². The third-order valence-corrected chi connectivity index (χ3v) is 6.42. The van der Waals surface area contributed by atoms with E-state index in [4.69, 9.17) is 9.72 Å². The number of fused-ring (bicyclic) bond motifs is 1. The van der Waals surface area contributed by atoms with Gasteiger partial charge in [0.1, 0.15) is 0 Å². The molecule has 0 radical (unpaired) electrons. The second kappa shape index (κ2) is 8.86. The van der Waals surface area contributed by atoms with Crippen LogP contribution in [0.25, 0.3) is 11.0 Å². The Morgan fingerprint density at radius 1 is 1.37 bits per heavy atom. The van der Waals surface area contributed by atoms with Crippen LogP contribution in [0.2, 0.25) is 0 Å². The Bertz CT molecular complexity index is 1000. The molecule has 1 aliphatic heterocycles. The lowest BCUT2D eigenvalue weighted by Gasteiger charge is -2.26. The van der Waals surface area contributed by atoms with Crippen LogP contribution >= 0.6 is 11.3 Å². The number of hydrogen-bond donors (Lipinski definition) is 0. The highest BCUT2D eigenvalue weighted by molar-refractivity contribution is 7.09. The van der Waals surface area contributed by atoms with Gasteiger partial charge in [0.05, 0.1) is 29.8 Å². The first-order chi connectivity index (χ1) is 14.4. The highest BCUT2D eigenvalue weighted by Crippen LogP contribution is 2.27. The van der Waals surface area contributed by atoms with Crippen molar-refractivity contribution < 1.29 is 9.53 Å². The molecule has 0 saturated carbocycles. The number of carbonyl (C=O) groups excluding carboxylic acids is 1. The molecule has 0 aliphatic carbocycles. The molecule has 7 heteroatoms. The summed E-state index contributed by atoms with van der Waals surface area (Å²) in [6.07, 6.45) is 3.95. The Morgan fingerprint density at radius 3 is 2.83 bits per heavy atom. The fourth-order valence-corrected chi connectivity index (χ4v) is 4.62. The molecule has 1 saturated heterocycles. The lowest BCUT2D eigenvalue weighted by molar-refractivity contribution is 0.0511. The summed E-state index contributed by atoms with van der Waals surface area (Å²) in [5.74, 6) is 0.247. The summed E-state index contributed by atoms with van der Waals surface area (Å²) >= 11 is 1.68. The van der Waals surface area contributed by atoms with Crippen LogP contribution in [0.4, 0.5) is 0 Å². The summed E-state index contributed by atoms with van der Waals surface area (Å²) in [7, 11) is 0. The van der Waals surface area contributed by atoms with Gasteiger partial charge >= 0.3 is 0 Å². The first-order valence-electron chi connectivity index (χ1n) is 10.8. The summed E-state index contributed by atoms with van der Waals surface area (Å²) in [5, 5.41) is 7.41. The highest BCUT2D eigenvalue weighted by Gasteiger charge is 2.27. The van der Waals surface area contributed by atoms with Gasteiger partial charge in [-0.3, -0.25) is 4.79 Å². The van der Waals surface area contributed by atoms with Crippen molar-refractivity contribution in [3.05, 3.63) is 45.9 Å². The summed E-state index contributed by atoms with van der Waals surface area (Å²) in [5.41, 5.74) is 2.39. The summed E-state index contributed by atoms with van der Waals surface area (Å²) in [6, 6.07) is 6.25. The lowest BCUT2D eigenvalue weighted by atomic mass is 10.0. The Labute approximate surface area is 181 Å². The van der Waals surface area contributed by atoms with Crippen LogP contribution in [0.3, 0.4) is 0 Å². The van der Waals surface area contributed by atoms with Crippen LogP contribution in [-0.4, -0.2) is 44.8 Å². The van der Waals surface area contributed by atoms with Crippen molar-refractivity contribution in [2.24, 2.45) is 0 Å². The Balaban J connectivity index is 1.75. The van der Waals surface area contributed by atoms with Crippen LogP contribution < -0.4 is 0 Å². The molecule has 1 aliphatic rings. The van der Waals surface area contributed by atoms with Gasteiger partial charge in [-0.15, -0.1) is 11.3 Å². The van der Waals surface area contributed by atoms with Crippen LogP contribution in [0, 0.1) is 0 Å². The average Bonchev–Trinajstić information content (AvgIpc) is 3.47. The number of amides is 1. The zero-order valence-electron chi connectivity index (χ0n) is 18.2. The Morgan fingerprint density at radius 2 is 2.20 bits per heavy atom. The van der Waals surface area contributed by atoms with Crippen molar-refractivity contribution in [3.63, 3.8) is 0 Å². The van der Waals surface area contributed by atoms with E-state index in [1.165, 1.54) is 4.88 Å². The van der Waals surface area contributed by atoms with E-state index in [0.29, 0.717) is 18.7 Å². The van der Waals surface area contributed by atoms with E-state index in [1.54, 1.807) is 17.5 Å². The van der Waals surface area contributed by atoms with Crippen LogP contribution in [0.15, 0.2) is 29.8 Å². The number of thiophene rings is 1.